The molecule has 7 nitrogen and oxygen atoms in total. The van der Waals surface area contributed by atoms with Gasteiger partial charge in [0.25, 0.3) is 5.91 Å². The number of hydrogen-bond acceptors (Lipinski definition) is 5. The second-order valence-electron chi connectivity index (χ2n) is 11.0. The maximum atomic E-state index is 13.7. The minimum atomic E-state index is -3.58. The highest BCUT2D eigenvalue weighted by atomic mass is 32.2. The Bertz CT molecular complexity index is 1440. The van der Waals surface area contributed by atoms with Crippen molar-refractivity contribution in [2.24, 2.45) is 5.73 Å². The lowest BCUT2D eigenvalue weighted by molar-refractivity contribution is 0.0789. The van der Waals surface area contributed by atoms with Gasteiger partial charge in [-0.05, 0) is 85.2 Å². The number of nitrogens with two attached hydrogens (primary N) is 1. The molecule has 1 aliphatic heterocycles. The van der Waals surface area contributed by atoms with Crippen LogP contribution in [0.15, 0.2) is 66.7 Å². The van der Waals surface area contributed by atoms with Crippen LogP contribution in [0.25, 0.3) is 0 Å². The quantitative estimate of drug-likeness (QED) is 0.457. The highest BCUT2D eigenvalue weighted by molar-refractivity contribution is 7.92. The summed E-state index contributed by atoms with van der Waals surface area (Å²) in [7, 11) is -3.58. The number of amides is 1. The molecule has 214 valence electrons. The molecule has 1 amide bonds. The van der Waals surface area contributed by atoms with Crippen LogP contribution in [0.5, 0.6) is 0 Å². The first-order valence-electron chi connectivity index (χ1n) is 13.6. The van der Waals surface area contributed by atoms with Gasteiger partial charge in [0.05, 0.1) is 31.2 Å². The maximum Gasteiger partial charge on any atom is 0.251 e. The van der Waals surface area contributed by atoms with Crippen molar-refractivity contribution in [3.63, 3.8) is 0 Å². The molecular formula is C31H38FN3O4S. The molecular weight excluding hydrogens is 529 g/mol. The van der Waals surface area contributed by atoms with E-state index < -0.39 is 21.6 Å². The molecule has 0 unspecified atom stereocenters. The first-order valence-corrected chi connectivity index (χ1v) is 15.4. The summed E-state index contributed by atoms with van der Waals surface area (Å²) >= 11 is 0. The molecule has 4 rings (SSSR count). The molecule has 1 heterocycles. The molecule has 0 saturated carbocycles. The van der Waals surface area contributed by atoms with Crippen molar-refractivity contribution >= 4 is 21.6 Å². The van der Waals surface area contributed by atoms with Crippen molar-refractivity contribution < 1.29 is 22.3 Å². The summed E-state index contributed by atoms with van der Waals surface area (Å²) in [6.07, 6.45) is 3.64. The minimum absolute atomic E-state index is 0.159. The van der Waals surface area contributed by atoms with E-state index in [-0.39, 0.29) is 31.5 Å². The highest BCUT2D eigenvalue weighted by Crippen LogP contribution is 2.26. The summed E-state index contributed by atoms with van der Waals surface area (Å²) in [5.41, 5.74) is 10.3. The Morgan fingerprint density at radius 3 is 2.50 bits per heavy atom. The number of nitrogens with one attached hydrogen (secondary N) is 1. The van der Waals surface area contributed by atoms with E-state index in [1.807, 2.05) is 32.0 Å². The Labute approximate surface area is 236 Å². The van der Waals surface area contributed by atoms with Crippen LogP contribution in [-0.2, 0) is 34.2 Å². The SMILES string of the molecule is CCCN(c1cc2cc(c1)C(=O)N[C@@H](c1ccc(F)cc1)CCc1cccc(c1)C[C@@](C)(N)COC2)S(C)(=O)=O. The number of fused-ring (bicyclic) bond motifs is 4. The Morgan fingerprint density at radius 2 is 1.80 bits per heavy atom. The smallest absolute Gasteiger partial charge is 0.251 e. The third-order valence-corrected chi connectivity index (χ3v) is 8.15. The van der Waals surface area contributed by atoms with Gasteiger partial charge in [-0.2, -0.15) is 0 Å². The molecule has 3 N–H and O–H groups in total. The zero-order valence-electron chi connectivity index (χ0n) is 23.3. The van der Waals surface area contributed by atoms with Crippen molar-refractivity contribution in [1.82, 2.24) is 5.32 Å². The van der Waals surface area contributed by atoms with Gasteiger partial charge in [0.15, 0.2) is 0 Å². The molecule has 9 heteroatoms. The first kappa shape index (κ1) is 29.7. The van der Waals surface area contributed by atoms with E-state index in [9.17, 15) is 17.6 Å². The van der Waals surface area contributed by atoms with Gasteiger partial charge >= 0.3 is 0 Å². The predicted molar refractivity (Wildman–Crippen MR) is 156 cm³/mol. The second kappa shape index (κ2) is 12.5. The molecule has 0 aliphatic carbocycles. The molecule has 0 spiro atoms. The molecule has 2 atom stereocenters. The number of sulfonamides is 1. The molecule has 3 aromatic rings. The average molecular weight is 568 g/mol. The fourth-order valence-electron chi connectivity index (χ4n) is 5.11. The van der Waals surface area contributed by atoms with Crippen LogP contribution in [0.2, 0.25) is 0 Å². The van der Waals surface area contributed by atoms with Crippen LogP contribution in [0.3, 0.4) is 0 Å². The van der Waals surface area contributed by atoms with Crippen molar-refractivity contribution in [3.8, 4) is 0 Å². The van der Waals surface area contributed by atoms with Crippen LogP contribution in [0.1, 0.15) is 65.3 Å². The molecule has 0 fully saturated rings. The summed E-state index contributed by atoms with van der Waals surface area (Å²) in [5, 5.41) is 3.11. The number of halogens is 1. The zero-order chi connectivity index (χ0) is 28.9. The van der Waals surface area contributed by atoms with Gasteiger partial charge in [0.2, 0.25) is 10.0 Å². The number of hydrogen-bond donors (Lipinski definition) is 2. The second-order valence-corrected chi connectivity index (χ2v) is 12.9. The molecule has 1 aliphatic rings. The van der Waals surface area contributed by atoms with Gasteiger partial charge < -0.3 is 15.8 Å². The van der Waals surface area contributed by atoms with Crippen LogP contribution in [0, 0.1) is 5.82 Å². The van der Waals surface area contributed by atoms with Crippen LogP contribution in [0.4, 0.5) is 10.1 Å². The Morgan fingerprint density at radius 1 is 1.07 bits per heavy atom. The van der Waals surface area contributed by atoms with Gasteiger partial charge in [-0.1, -0.05) is 43.3 Å². The Kier molecular flexibility index (Phi) is 9.28. The zero-order valence-corrected chi connectivity index (χ0v) is 24.1. The largest absolute Gasteiger partial charge is 0.375 e. The van der Waals surface area contributed by atoms with Crippen LogP contribution in [-0.4, -0.2) is 39.3 Å². The number of carbonyl (C=O) groups is 1. The standard InChI is InChI=1S/C31H38FN3O4S/c1-4-14-35(40(3,37)38)28-17-24-16-26(18-28)30(36)34-29(25-9-11-27(32)12-10-25)13-8-22-6-5-7-23(15-22)19-31(2,33)21-39-20-24/h5-7,9-12,15-18,29H,4,8,13-14,19-21,33H2,1-3H3,(H,34,36)/t29-,31-/m1/s1. The lowest BCUT2D eigenvalue weighted by Crippen LogP contribution is -2.43. The maximum absolute atomic E-state index is 13.7. The van der Waals surface area contributed by atoms with E-state index in [2.05, 4.69) is 11.4 Å². The highest BCUT2D eigenvalue weighted by Gasteiger charge is 2.24. The number of aryl methyl sites for hydroxylation is 1. The molecule has 0 radical (unpaired) electrons. The lowest BCUT2D eigenvalue weighted by Gasteiger charge is -2.26. The topological polar surface area (TPSA) is 102 Å². The predicted octanol–water partition coefficient (Wildman–Crippen LogP) is 4.90. The molecule has 0 aromatic heterocycles. The number of nitrogens with zero attached hydrogens (tertiary/aromatic N) is 1. The number of carbonyl (C=O) groups excluding carboxylic acids is 1. The van der Waals surface area contributed by atoms with E-state index in [0.29, 0.717) is 42.5 Å². The van der Waals surface area contributed by atoms with E-state index in [1.165, 1.54) is 16.4 Å². The fraction of sp³-hybridized carbons (Fsp3) is 0.387. The van der Waals surface area contributed by atoms with Crippen LogP contribution >= 0.6 is 0 Å². The normalized spacial score (nSPS) is 20.5. The molecule has 40 heavy (non-hydrogen) atoms. The van der Waals surface area contributed by atoms with Crippen molar-refractivity contribution in [3.05, 3.63) is 100 Å². The number of anilines is 1. The number of ether oxygens (including phenoxy) is 1. The average Bonchev–Trinajstić information content (AvgIpc) is 2.88. The lowest BCUT2D eigenvalue weighted by atomic mass is 9.92. The molecule has 3 aromatic carbocycles. The molecule has 4 bridgehead atoms. The van der Waals surface area contributed by atoms with Crippen molar-refractivity contribution in [2.45, 2.75) is 57.7 Å². The van der Waals surface area contributed by atoms with Gasteiger partial charge in [-0.3, -0.25) is 9.10 Å². The van der Waals surface area contributed by atoms with Crippen molar-refractivity contribution in [2.75, 3.05) is 23.7 Å². The van der Waals surface area contributed by atoms with Gasteiger partial charge in [0.1, 0.15) is 5.82 Å². The monoisotopic (exact) mass is 567 g/mol. The summed E-state index contributed by atoms with van der Waals surface area (Å²) in [6.45, 7) is 4.55. The summed E-state index contributed by atoms with van der Waals surface area (Å²) < 4.78 is 46.3. The Balaban J connectivity index is 1.77. The van der Waals surface area contributed by atoms with E-state index in [0.717, 1.165) is 22.9 Å². The Hall–Kier alpha value is -3.27. The van der Waals surface area contributed by atoms with Crippen molar-refractivity contribution in [1.29, 1.82) is 0 Å². The number of rotatable bonds is 5. The number of benzene rings is 3. The van der Waals surface area contributed by atoms with Crippen LogP contribution < -0.4 is 15.4 Å². The fourth-order valence-corrected chi connectivity index (χ4v) is 6.11. The van der Waals surface area contributed by atoms with E-state index >= 15 is 0 Å². The van der Waals surface area contributed by atoms with Gasteiger partial charge in [-0.25, -0.2) is 12.8 Å². The summed E-state index contributed by atoms with van der Waals surface area (Å²) in [6, 6.07) is 19.0. The molecule has 0 saturated heterocycles. The van der Waals surface area contributed by atoms with Gasteiger partial charge in [-0.15, -0.1) is 0 Å². The van der Waals surface area contributed by atoms with E-state index in [1.54, 1.807) is 30.3 Å². The minimum Gasteiger partial charge on any atom is -0.375 e. The third-order valence-electron chi connectivity index (χ3n) is 6.95. The summed E-state index contributed by atoms with van der Waals surface area (Å²) in [5.74, 6) is -0.707. The third kappa shape index (κ3) is 7.90. The summed E-state index contributed by atoms with van der Waals surface area (Å²) in [4.78, 5) is 13.7. The van der Waals surface area contributed by atoms with Gasteiger partial charge in [0, 0.05) is 17.6 Å². The van der Waals surface area contributed by atoms with E-state index in [4.69, 9.17) is 10.5 Å². The first-order chi connectivity index (χ1) is 18.9.